The molecule has 0 fully saturated rings. The van der Waals surface area contributed by atoms with E-state index in [-0.39, 0.29) is 12.1 Å². The Bertz CT molecular complexity index is 1140. The molecule has 57 heavy (non-hydrogen) atoms. The summed E-state index contributed by atoms with van der Waals surface area (Å²) >= 11 is 0. The van der Waals surface area contributed by atoms with E-state index in [1.54, 1.807) is 7.05 Å². The quantitative estimate of drug-likeness (QED) is 0.0257. The molecule has 0 aliphatic carbocycles. The molecule has 9 heteroatoms. The number of ether oxygens (including phenoxy) is 2. The van der Waals surface area contributed by atoms with E-state index in [2.05, 4.69) is 43.2 Å². The monoisotopic (exact) mass is 806 g/mol. The molecule has 9 nitrogen and oxygen atoms in total. The first-order chi connectivity index (χ1) is 27.8. The fourth-order valence-electron chi connectivity index (χ4n) is 7.90. The van der Waals surface area contributed by atoms with Gasteiger partial charge in [-0.05, 0) is 96.2 Å². The molecular weight excluding hydrogens is 715 g/mol. The summed E-state index contributed by atoms with van der Waals surface area (Å²) in [5.41, 5.74) is -0.0716. The van der Waals surface area contributed by atoms with Gasteiger partial charge >= 0.3 is 5.97 Å². The summed E-state index contributed by atoms with van der Waals surface area (Å²) in [6, 6.07) is 0. The molecule has 0 spiro atoms. The molecule has 3 unspecified atom stereocenters. The molecule has 0 saturated carbocycles. The van der Waals surface area contributed by atoms with Gasteiger partial charge in [0.2, 0.25) is 0 Å². The van der Waals surface area contributed by atoms with Gasteiger partial charge in [0, 0.05) is 20.0 Å². The summed E-state index contributed by atoms with van der Waals surface area (Å²) in [6.07, 6.45) is 33.4. The highest BCUT2D eigenvalue weighted by Gasteiger charge is 2.19. The van der Waals surface area contributed by atoms with Crippen LogP contribution in [0.1, 0.15) is 220 Å². The van der Waals surface area contributed by atoms with Gasteiger partial charge in [0.25, 0.3) is 10.9 Å². The van der Waals surface area contributed by atoms with Crippen LogP contribution in [0.5, 0.6) is 0 Å². The third-order valence-corrected chi connectivity index (χ3v) is 11.7. The summed E-state index contributed by atoms with van der Waals surface area (Å²) in [4.78, 5) is 38.7. The van der Waals surface area contributed by atoms with Gasteiger partial charge in [-0.1, -0.05) is 143 Å². The number of carbonyl (C=O) groups excluding carboxylic acids is 1. The minimum atomic E-state index is -0.677. The lowest BCUT2D eigenvalue weighted by Gasteiger charge is -2.23. The van der Waals surface area contributed by atoms with Gasteiger partial charge in [-0.3, -0.25) is 14.4 Å². The maximum atomic E-state index is 12.5. The predicted molar refractivity (Wildman–Crippen MR) is 242 cm³/mol. The molecule has 1 aromatic rings. The zero-order valence-electron chi connectivity index (χ0n) is 37.9. The van der Waals surface area contributed by atoms with Crippen LogP contribution in [0.25, 0.3) is 0 Å². The van der Waals surface area contributed by atoms with Crippen LogP contribution in [-0.2, 0) is 14.3 Å². The fourth-order valence-corrected chi connectivity index (χ4v) is 7.90. The highest BCUT2D eigenvalue weighted by molar-refractivity contribution is 5.73. The van der Waals surface area contributed by atoms with Crippen molar-refractivity contribution >= 4 is 17.3 Å². The molecule has 1 rings (SSSR count). The Morgan fingerprint density at radius 3 is 1.67 bits per heavy atom. The molecule has 3 atom stereocenters. The molecule has 1 aromatic carbocycles. The van der Waals surface area contributed by atoms with Crippen LogP contribution >= 0.6 is 0 Å². The zero-order chi connectivity index (χ0) is 41.8. The van der Waals surface area contributed by atoms with Crippen molar-refractivity contribution in [1.29, 1.82) is 0 Å². The number of hydrogen-bond donors (Lipinski definition) is 3. The van der Waals surface area contributed by atoms with Gasteiger partial charge in [0.15, 0.2) is 6.29 Å². The normalized spacial score (nSPS) is 13.3. The Balaban J connectivity index is 2.41. The molecule has 3 N–H and O–H groups in total. The number of unbranched alkanes of at least 4 members (excludes halogenated alkanes) is 18. The van der Waals surface area contributed by atoms with E-state index >= 15 is 0 Å². The van der Waals surface area contributed by atoms with Crippen molar-refractivity contribution in [2.24, 2.45) is 5.92 Å². The zero-order valence-corrected chi connectivity index (χ0v) is 37.9. The average molecular weight is 806 g/mol. The van der Waals surface area contributed by atoms with Crippen LogP contribution in [0.3, 0.4) is 0 Å². The number of anilines is 2. The van der Waals surface area contributed by atoms with Crippen LogP contribution in [-0.4, -0.2) is 68.2 Å². The van der Waals surface area contributed by atoms with Crippen molar-refractivity contribution in [3.63, 3.8) is 0 Å². The Hall–Kier alpha value is -1.97. The standard InChI is InChI=1S/C48H91N3O6/c1-6-10-13-16-19-25-33-42(9-4)57-44(53)35-26-20-17-21-28-37-51(39-30-36-50-46-45(49-5)47(54)48(46)55)38-29-22-27-34-43(52)56-40-41(31-23-15-12-8-3)32-24-18-14-11-7-2/h41-43,49-50,52H,6-40H2,1-5H3. The number of carbonyl (C=O) groups is 1. The minimum absolute atomic E-state index is 0.0348. The molecule has 0 saturated heterocycles. The second-order valence-corrected chi connectivity index (χ2v) is 16.9. The highest BCUT2D eigenvalue weighted by atomic mass is 16.6. The first kappa shape index (κ1) is 53.0. The van der Waals surface area contributed by atoms with E-state index < -0.39 is 17.1 Å². The molecule has 0 bridgehead atoms. The van der Waals surface area contributed by atoms with Crippen molar-refractivity contribution < 1.29 is 19.4 Å². The second-order valence-electron chi connectivity index (χ2n) is 16.9. The van der Waals surface area contributed by atoms with Crippen LogP contribution in [0.15, 0.2) is 9.59 Å². The van der Waals surface area contributed by atoms with Crippen molar-refractivity contribution in [3.8, 4) is 0 Å². The van der Waals surface area contributed by atoms with Gasteiger partial charge in [-0.2, -0.15) is 0 Å². The number of nitrogens with one attached hydrogen (secondary N) is 2. The topological polar surface area (TPSA) is 117 Å². The van der Waals surface area contributed by atoms with Crippen LogP contribution in [0.2, 0.25) is 0 Å². The molecule has 0 heterocycles. The van der Waals surface area contributed by atoms with Gasteiger partial charge < -0.3 is 30.1 Å². The summed E-state index contributed by atoms with van der Waals surface area (Å²) in [5.74, 6) is 0.521. The van der Waals surface area contributed by atoms with Crippen molar-refractivity contribution in [1.82, 2.24) is 4.90 Å². The van der Waals surface area contributed by atoms with Crippen LogP contribution in [0.4, 0.5) is 11.4 Å². The number of hydrogen-bond acceptors (Lipinski definition) is 9. The Morgan fingerprint density at radius 2 is 1.07 bits per heavy atom. The molecular formula is C48H91N3O6. The third-order valence-electron chi connectivity index (χ3n) is 11.7. The largest absolute Gasteiger partial charge is 0.462 e. The molecule has 0 aliphatic rings. The fraction of sp³-hybridized carbons (Fsp3) is 0.896. The summed E-state index contributed by atoms with van der Waals surface area (Å²) in [7, 11) is 1.67. The molecule has 0 radical (unpaired) electrons. The minimum Gasteiger partial charge on any atom is -0.462 e. The SMILES string of the molecule is CCCCCCCCC(CC)OC(=O)CCCCCCCN(CCCCCC(O)OCC(CCCCCC)CCCCCCC)CCCNc1c(NC)c(=O)c1=O. The van der Waals surface area contributed by atoms with Crippen LogP contribution in [0, 0.1) is 5.92 Å². The number of aliphatic hydroxyl groups is 1. The number of esters is 1. The molecule has 334 valence electrons. The van der Waals surface area contributed by atoms with E-state index in [4.69, 9.17) is 9.47 Å². The smallest absolute Gasteiger partial charge is 0.306 e. The van der Waals surface area contributed by atoms with Gasteiger partial charge in [-0.25, -0.2) is 0 Å². The van der Waals surface area contributed by atoms with Crippen molar-refractivity contribution in [3.05, 3.63) is 20.4 Å². The summed E-state index contributed by atoms with van der Waals surface area (Å²) < 4.78 is 11.8. The lowest BCUT2D eigenvalue weighted by Crippen LogP contribution is -2.37. The predicted octanol–water partition coefficient (Wildman–Crippen LogP) is 11.7. The van der Waals surface area contributed by atoms with Gasteiger partial charge in [0.1, 0.15) is 17.5 Å². The first-order valence-corrected chi connectivity index (χ1v) is 24.3. The van der Waals surface area contributed by atoms with E-state index in [9.17, 15) is 19.5 Å². The number of aliphatic hydroxyl groups excluding tert-OH is 1. The van der Waals surface area contributed by atoms with E-state index in [0.717, 1.165) is 96.7 Å². The Morgan fingerprint density at radius 1 is 0.596 bits per heavy atom. The first-order valence-electron chi connectivity index (χ1n) is 24.3. The van der Waals surface area contributed by atoms with Gasteiger partial charge in [0.05, 0.1) is 6.61 Å². The van der Waals surface area contributed by atoms with Crippen LogP contribution < -0.4 is 21.5 Å². The van der Waals surface area contributed by atoms with Crippen molar-refractivity contribution in [2.45, 2.75) is 233 Å². The Kier molecular flexibility index (Phi) is 34.5. The van der Waals surface area contributed by atoms with E-state index in [1.807, 2.05) is 0 Å². The van der Waals surface area contributed by atoms with E-state index in [1.165, 1.54) is 103 Å². The number of nitrogens with zero attached hydrogens (tertiary/aromatic N) is 1. The maximum Gasteiger partial charge on any atom is 0.306 e. The highest BCUT2D eigenvalue weighted by Crippen LogP contribution is 2.21. The number of rotatable bonds is 43. The second kappa shape index (κ2) is 37.1. The summed E-state index contributed by atoms with van der Waals surface area (Å²) in [6.45, 7) is 13.1. The molecule has 0 aliphatic heterocycles. The maximum absolute atomic E-state index is 12.5. The molecule has 0 aromatic heterocycles. The lowest BCUT2D eigenvalue weighted by atomic mass is 9.95. The van der Waals surface area contributed by atoms with Gasteiger partial charge in [-0.15, -0.1) is 0 Å². The third kappa shape index (κ3) is 27.4. The Labute approximate surface area is 350 Å². The average Bonchev–Trinajstić information content (AvgIpc) is 3.21. The summed E-state index contributed by atoms with van der Waals surface area (Å²) in [5, 5.41) is 16.7. The molecule has 0 amide bonds. The lowest BCUT2D eigenvalue weighted by molar-refractivity contribution is -0.149. The van der Waals surface area contributed by atoms with E-state index in [0.29, 0.717) is 43.3 Å². The van der Waals surface area contributed by atoms with Crippen molar-refractivity contribution in [2.75, 3.05) is 50.5 Å².